The smallest absolute Gasteiger partial charge is 0.716 e. The van der Waals surface area contributed by atoms with Crippen molar-refractivity contribution in [2.24, 2.45) is 0 Å². The Hall–Kier alpha value is -0.160. The minimum absolute atomic E-state index is 0. The molecule has 0 unspecified atom stereocenters. The van der Waals surface area contributed by atoms with E-state index in [9.17, 15) is 21.4 Å². The second-order valence-electron chi connectivity index (χ2n) is 3.25. The van der Waals surface area contributed by atoms with Gasteiger partial charge in [-0.25, -0.2) is 21.1 Å². The second kappa shape index (κ2) is 6.33. The van der Waals surface area contributed by atoms with Gasteiger partial charge >= 0.3 is 29.6 Å². The molecule has 1 rings (SSSR count). The number of hydrogen-bond donors (Lipinski definition) is 0. The summed E-state index contributed by atoms with van der Waals surface area (Å²) in [5.74, 6) is -0.238. The molecule has 7 nitrogen and oxygen atoms in total. The average molecular weight is 303 g/mol. The van der Waals surface area contributed by atoms with Gasteiger partial charge in [0.2, 0.25) is 10.0 Å². The van der Waals surface area contributed by atoms with Crippen LogP contribution >= 0.6 is 0 Å². The van der Waals surface area contributed by atoms with E-state index in [4.69, 9.17) is 0 Å². The van der Waals surface area contributed by atoms with Crippen molar-refractivity contribution in [2.75, 3.05) is 14.1 Å². The van der Waals surface area contributed by atoms with E-state index in [0.717, 1.165) is 28.6 Å². The Morgan fingerprint density at radius 2 is 1.50 bits per heavy atom. The standard InChI is InChI=1S/C8H11NO6S2.Na/c1-9(2)16(10,11)8-5-3-7(4-6-8)15-17(12,13)14;/h3-6H,1-2H3,(H,12,13,14);/q;+1/p-1. The van der Waals surface area contributed by atoms with Crippen molar-refractivity contribution in [1.29, 1.82) is 0 Å². The Kier molecular flexibility index (Phi) is 6.27. The van der Waals surface area contributed by atoms with Gasteiger partial charge in [0.1, 0.15) is 5.75 Å². The summed E-state index contributed by atoms with van der Waals surface area (Å²) in [5.41, 5.74) is 0. The van der Waals surface area contributed by atoms with E-state index in [1.54, 1.807) is 0 Å². The zero-order valence-electron chi connectivity index (χ0n) is 10.0. The van der Waals surface area contributed by atoms with Gasteiger partial charge in [0.25, 0.3) is 10.4 Å². The molecule has 0 aliphatic carbocycles. The fourth-order valence-corrected chi connectivity index (χ4v) is 2.24. The normalized spacial score (nSPS) is 12.0. The molecule has 0 saturated heterocycles. The molecule has 0 N–H and O–H groups in total. The van der Waals surface area contributed by atoms with E-state index in [0.29, 0.717) is 0 Å². The first-order valence-electron chi connectivity index (χ1n) is 4.31. The quantitative estimate of drug-likeness (QED) is 0.329. The Balaban J connectivity index is 0.00000289. The summed E-state index contributed by atoms with van der Waals surface area (Å²) >= 11 is 0. The van der Waals surface area contributed by atoms with Crippen LogP contribution in [0.3, 0.4) is 0 Å². The predicted octanol–water partition coefficient (Wildman–Crippen LogP) is -3.22. The van der Waals surface area contributed by atoms with Gasteiger partial charge in [0.05, 0.1) is 4.90 Å². The molecule has 0 fully saturated rings. The maximum absolute atomic E-state index is 11.6. The van der Waals surface area contributed by atoms with Crippen LogP contribution in [0.5, 0.6) is 5.75 Å². The number of nitrogens with zero attached hydrogens (tertiary/aromatic N) is 1. The van der Waals surface area contributed by atoms with Gasteiger partial charge in [-0.1, -0.05) is 0 Å². The third-order valence-electron chi connectivity index (χ3n) is 1.80. The van der Waals surface area contributed by atoms with Gasteiger partial charge in [0, 0.05) is 14.1 Å². The minimum atomic E-state index is -4.85. The molecule has 0 saturated carbocycles. The van der Waals surface area contributed by atoms with E-state index < -0.39 is 20.4 Å². The van der Waals surface area contributed by atoms with Crippen LogP contribution in [-0.2, 0) is 20.4 Å². The fraction of sp³-hybridized carbons (Fsp3) is 0.250. The molecule has 18 heavy (non-hydrogen) atoms. The van der Waals surface area contributed by atoms with Crippen LogP contribution < -0.4 is 33.7 Å². The third-order valence-corrected chi connectivity index (χ3v) is 4.03. The van der Waals surface area contributed by atoms with Crippen molar-refractivity contribution in [2.45, 2.75) is 4.90 Å². The van der Waals surface area contributed by atoms with Crippen LogP contribution in [0.2, 0.25) is 0 Å². The first kappa shape index (κ1) is 17.8. The molecule has 1 aromatic carbocycles. The Labute approximate surface area is 128 Å². The second-order valence-corrected chi connectivity index (χ2v) is 6.39. The van der Waals surface area contributed by atoms with Crippen molar-refractivity contribution in [3.05, 3.63) is 24.3 Å². The predicted molar refractivity (Wildman–Crippen MR) is 57.6 cm³/mol. The minimum Gasteiger partial charge on any atom is -0.716 e. The molecule has 0 radical (unpaired) electrons. The molecular formula is C8H10NNaO6S2. The van der Waals surface area contributed by atoms with E-state index in [1.807, 2.05) is 0 Å². The summed E-state index contributed by atoms with van der Waals surface area (Å²) in [4.78, 5) is -0.0295. The third kappa shape index (κ3) is 4.84. The van der Waals surface area contributed by atoms with Gasteiger partial charge in [-0.2, -0.15) is 0 Å². The van der Waals surface area contributed by atoms with Gasteiger partial charge in [-0.3, -0.25) is 0 Å². The number of benzene rings is 1. The van der Waals surface area contributed by atoms with Crippen LogP contribution in [0.1, 0.15) is 0 Å². The molecule has 0 aliphatic rings. The van der Waals surface area contributed by atoms with Crippen LogP contribution in [-0.4, -0.2) is 39.8 Å². The first-order chi connectivity index (χ1) is 7.63. The summed E-state index contributed by atoms with van der Waals surface area (Å²) in [7, 11) is -5.71. The van der Waals surface area contributed by atoms with Gasteiger partial charge in [-0.05, 0) is 24.3 Å². The molecule has 0 amide bonds. The number of sulfonamides is 1. The average Bonchev–Trinajstić information content (AvgIpc) is 2.15. The molecule has 96 valence electrons. The van der Waals surface area contributed by atoms with Crippen LogP contribution in [0, 0.1) is 0 Å². The Morgan fingerprint density at radius 1 is 1.06 bits per heavy atom. The summed E-state index contributed by atoms with van der Waals surface area (Å²) in [6, 6.07) is 4.48. The zero-order chi connectivity index (χ0) is 13.3. The molecule has 0 spiro atoms. The van der Waals surface area contributed by atoms with E-state index >= 15 is 0 Å². The van der Waals surface area contributed by atoms with Crippen molar-refractivity contribution in [3.8, 4) is 5.75 Å². The van der Waals surface area contributed by atoms with Crippen LogP contribution in [0.4, 0.5) is 0 Å². The Morgan fingerprint density at radius 3 is 1.83 bits per heavy atom. The monoisotopic (exact) mass is 303 g/mol. The summed E-state index contributed by atoms with van der Waals surface area (Å²) in [5, 5.41) is 0. The summed E-state index contributed by atoms with van der Waals surface area (Å²) in [6.45, 7) is 0. The molecule has 0 heterocycles. The molecule has 0 bridgehead atoms. The van der Waals surface area contributed by atoms with E-state index in [-0.39, 0.29) is 40.2 Å². The molecule has 10 heteroatoms. The van der Waals surface area contributed by atoms with Crippen molar-refractivity contribution >= 4 is 20.4 Å². The van der Waals surface area contributed by atoms with Crippen LogP contribution in [0.15, 0.2) is 29.2 Å². The van der Waals surface area contributed by atoms with Crippen molar-refractivity contribution < 1.29 is 55.1 Å². The zero-order valence-corrected chi connectivity index (χ0v) is 13.7. The summed E-state index contributed by atoms with van der Waals surface area (Å²) < 4.78 is 59.2. The molecule has 0 aliphatic heterocycles. The van der Waals surface area contributed by atoms with Gasteiger partial charge < -0.3 is 8.74 Å². The summed E-state index contributed by atoms with van der Waals surface area (Å²) in [6.07, 6.45) is 0. The maximum Gasteiger partial charge on any atom is 1.00 e. The largest absolute Gasteiger partial charge is 1.00 e. The molecule has 1 aromatic rings. The first-order valence-corrected chi connectivity index (χ1v) is 7.08. The van der Waals surface area contributed by atoms with Crippen LogP contribution in [0.25, 0.3) is 0 Å². The van der Waals surface area contributed by atoms with Gasteiger partial charge in [-0.15, -0.1) is 0 Å². The van der Waals surface area contributed by atoms with E-state index in [1.165, 1.54) is 14.1 Å². The topological polar surface area (TPSA) is 104 Å². The number of hydrogen-bond acceptors (Lipinski definition) is 6. The number of rotatable bonds is 4. The van der Waals surface area contributed by atoms with Gasteiger partial charge in [0.15, 0.2) is 0 Å². The SMILES string of the molecule is CN(C)S(=O)(=O)c1ccc(OS(=O)(=O)[O-])cc1.[Na+]. The molecule has 0 aromatic heterocycles. The molecular weight excluding hydrogens is 293 g/mol. The Bertz CT molecular complexity index is 593. The maximum atomic E-state index is 11.6. The van der Waals surface area contributed by atoms with Crippen molar-refractivity contribution in [3.63, 3.8) is 0 Å². The molecule has 0 atom stereocenters. The van der Waals surface area contributed by atoms with E-state index in [2.05, 4.69) is 4.18 Å². The fourth-order valence-electron chi connectivity index (χ4n) is 0.996. The van der Waals surface area contributed by atoms with Crippen molar-refractivity contribution in [1.82, 2.24) is 4.31 Å².